The van der Waals surface area contributed by atoms with Gasteiger partial charge in [0.25, 0.3) is 0 Å². The van der Waals surface area contributed by atoms with Crippen LogP contribution < -0.4 is 15.4 Å². The molecule has 1 amide bonds. The zero-order valence-corrected chi connectivity index (χ0v) is 7.96. The number of benzene rings is 1. The van der Waals surface area contributed by atoms with Crippen molar-refractivity contribution in [3.8, 4) is 5.75 Å². The van der Waals surface area contributed by atoms with Crippen molar-refractivity contribution in [3.63, 3.8) is 0 Å². The molecule has 0 aliphatic carbocycles. The van der Waals surface area contributed by atoms with Crippen molar-refractivity contribution in [1.29, 1.82) is 0 Å². The Hall–Kier alpha value is -1.71. The van der Waals surface area contributed by atoms with Gasteiger partial charge in [-0.15, -0.1) is 0 Å². The summed E-state index contributed by atoms with van der Waals surface area (Å²) in [6, 6.07) is 5.61. The van der Waals surface area contributed by atoms with E-state index in [4.69, 9.17) is 4.74 Å². The van der Waals surface area contributed by atoms with Gasteiger partial charge in [0, 0.05) is 6.07 Å². The molecule has 0 bridgehead atoms. The van der Waals surface area contributed by atoms with Gasteiger partial charge in [0.15, 0.2) is 0 Å². The zero-order chi connectivity index (χ0) is 9.97. The second-order valence-electron chi connectivity index (χ2n) is 3.04. The molecule has 1 aromatic carbocycles. The lowest BCUT2D eigenvalue weighted by Gasteiger charge is -2.19. The third-order valence-electron chi connectivity index (χ3n) is 2.02. The monoisotopic (exact) mass is 192 g/mol. The van der Waals surface area contributed by atoms with Crippen LogP contribution in [0.2, 0.25) is 0 Å². The summed E-state index contributed by atoms with van der Waals surface area (Å²) >= 11 is 0. The van der Waals surface area contributed by atoms with Crippen molar-refractivity contribution >= 4 is 17.3 Å². The third kappa shape index (κ3) is 1.64. The highest BCUT2D eigenvalue weighted by Gasteiger charge is 2.13. The number of carbonyl (C=O) groups is 1. The number of hydrogen-bond acceptors (Lipinski definition) is 3. The van der Waals surface area contributed by atoms with Crippen molar-refractivity contribution in [1.82, 2.24) is 0 Å². The van der Waals surface area contributed by atoms with Gasteiger partial charge in [0.1, 0.15) is 5.75 Å². The van der Waals surface area contributed by atoms with E-state index in [1.807, 2.05) is 25.1 Å². The summed E-state index contributed by atoms with van der Waals surface area (Å²) < 4.78 is 5.33. The standard InChI is InChI=1S/C10H12N2O2/c1-2-14-7-3-4-8-9(5-7)12-10(13)6-11-8/h3-5,11H,2,6H2,1H3,(H,12,13). The molecule has 0 spiro atoms. The van der Waals surface area contributed by atoms with Gasteiger partial charge in [-0.2, -0.15) is 0 Å². The van der Waals surface area contributed by atoms with Crippen LogP contribution in [0.3, 0.4) is 0 Å². The Morgan fingerprint density at radius 3 is 3.07 bits per heavy atom. The lowest BCUT2D eigenvalue weighted by molar-refractivity contribution is -0.114. The van der Waals surface area contributed by atoms with E-state index in [0.717, 1.165) is 17.1 Å². The molecule has 1 heterocycles. The predicted molar refractivity (Wildman–Crippen MR) is 54.7 cm³/mol. The van der Waals surface area contributed by atoms with Crippen molar-refractivity contribution in [2.45, 2.75) is 6.92 Å². The summed E-state index contributed by atoms with van der Waals surface area (Å²) in [7, 11) is 0. The minimum Gasteiger partial charge on any atom is -0.494 e. The molecular weight excluding hydrogens is 180 g/mol. The van der Waals surface area contributed by atoms with E-state index in [-0.39, 0.29) is 5.91 Å². The number of amides is 1. The fourth-order valence-corrected chi connectivity index (χ4v) is 1.41. The van der Waals surface area contributed by atoms with Crippen LogP contribution >= 0.6 is 0 Å². The van der Waals surface area contributed by atoms with Crippen molar-refractivity contribution in [2.75, 3.05) is 23.8 Å². The zero-order valence-electron chi connectivity index (χ0n) is 7.96. The highest BCUT2D eigenvalue weighted by atomic mass is 16.5. The first-order valence-corrected chi connectivity index (χ1v) is 4.60. The van der Waals surface area contributed by atoms with Crippen LogP contribution in [0.1, 0.15) is 6.92 Å². The lowest BCUT2D eigenvalue weighted by atomic mass is 10.2. The Morgan fingerprint density at radius 1 is 1.43 bits per heavy atom. The van der Waals surface area contributed by atoms with Crippen molar-refractivity contribution in [3.05, 3.63) is 18.2 Å². The largest absolute Gasteiger partial charge is 0.494 e. The highest BCUT2D eigenvalue weighted by molar-refractivity contribution is 6.00. The maximum Gasteiger partial charge on any atom is 0.243 e. The molecule has 2 N–H and O–H groups in total. The second kappa shape index (κ2) is 3.57. The third-order valence-corrected chi connectivity index (χ3v) is 2.02. The van der Waals surface area contributed by atoms with Crippen LogP contribution in [0, 0.1) is 0 Å². The van der Waals surface area contributed by atoms with Gasteiger partial charge in [-0.05, 0) is 19.1 Å². The number of fused-ring (bicyclic) bond motifs is 1. The predicted octanol–water partition coefficient (Wildman–Crippen LogP) is 1.45. The van der Waals surface area contributed by atoms with Crippen molar-refractivity contribution in [2.24, 2.45) is 0 Å². The molecule has 0 aromatic heterocycles. The van der Waals surface area contributed by atoms with Gasteiger partial charge in [0.05, 0.1) is 24.5 Å². The molecule has 74 valence electrons. The molecule has 1 aromatic rings. The first kappa shape index (κ1) is 8.87. The highest BCUT2D eigenvalue weighted by Crippen LogP contribution is 2.28. The summed E-state index contributed by atoms with van der Waals surface area (Å²) in [5, 5.41) is 5.79. The molecule has 1 aliphatic rings. The van der Waals surface area contributed by atoms with Crippen LogP contribution in [0.25, 0.3) is 0 Å². The summed E-state index contributed by atoms with van der Waals surface area (Å²) in [6.07, 6.45) is 0. The topological polar surface area (TPSA) is 50.4 Å². The minimum atomic E-state index is -0.0221. The van der Waals surface area contributed by atoms with E-state index in [0.29, 0.717) is 13.2 Å². The molecule has 14 heavy (non-hydrogen) atoms. The average Bonchev–Trinajstić information content (AvgIpc) is 2.17. The summed E-state index contributed by atoms with van der Waals surface area (Å²) in [5.41, 5.74) is 1.72. The van der Waals surface area contributed by atoms with Crippen LogP contribution in [0.15, 0.2) is 18.2 Å². The normalized spacial score (nSPS) is 13.9. The molecule has 2 rings (SSSR count). The van der Waals surface area contributed by atoms with Crippen molar-refractivity contribution < 1.29 is 9.53 Å². The molecule has 4 heteroatoms. The van der Waals surface area contributed by atoms with Gasteiger partial charge in [-0.25, -0.2) is 0 Å². The number of ether oxygens (including phenoxy) is 1. The van der Waals surface area contributed by atoms with Gasteiger partial charge in [-0.3, -0.25) is 4.79 Å². The van der Waals surface area contributed by atoms with E-state index in [1.54, 1.807) is 0 Å². The Kier molecular flexibility index (Phi) is 2.26. The average molecular weight is 192 g/mol. The Labute approximate surface area is 82.3 Å². The number of hydrogen-bond donors (Lipinski definition) is 2. The van der Waals surface area contributed by atoms with Crippen LogP contribution in [-0.4, -0.2) is 19.1 Å². The molecule has 1 aliphatic heterocycles. The van der Waals surface area contributed by atoms with Gasteiger partial charge in [0.2, 0.25) is 5.91 Å². The van der Waals surface area contributed by atoms with Gasteiger partial charge in [-0.1, -0.05) is 0 Å². The Bertz CT molecular complexity index is 363. The molecule has 0 saturated carbocycles. The van der Waals surface area contributed by atoms with E-state index < -0.39 is 0 Å². The number of carbonyl (C=O) groups excluding carboxylic acids is 1. The fraction of sp³-hybridized carbons (Fsp3) is 0.300. The molecule has 0 saturated heterocycles. The molecular formula is C10H12N2O2. The van der Waals surface area contributed by atoms with Crippen LogP contribution in [-0.2, 0) is 4.79 Å². The maximum absolute atomic E-state index is 11.1. The fourth-order valence-electron chi connectivity index (χ4n) is 1.41. The smallest absolute Gasteiger partial charge is 0.243 e. The SMILES string of the molecule is CCOc1ccc2c(c1)NC(=O)CN2. The molecule has 0 atom stereocenters. The summed E-state index contributed by atoms with van der Waals surface area (Å²) in [5.74, 6) is 0.751. The van der Waals surface area contributed by atoms with E-state index in [1.165, 1.54) is 0 Å². The quantitative estimate of drug-likeness (QED) is 0.745. The number of nitrogens with one attached hydrogen (secondary N) is 2. The van der Waals surface area contributed by atoms with E-state index in [2.05, 4.69) is 10.6 Å². The summed E-state index contributed by atoms with van der Waals surface area (Å²) in [6.45, 7) is 2.89. The number of anilines is 2. The second-order valence-corrected chi connectivity index (χ2v) is 3.04. The molecule has 0 fully saturated rings. The van der Waals surface area contributed by atoms with Gasteiger partial charge < -0.3 is 15.4 Å². The number of rotatable bonds is 2. The van der Waals surface area contributed by atoms with Crippen LogP contribution in [0.5, 0.6) is 5.75 Å². The van der Waals surface area contributed by atoms with E-state index >= 15 is 0 Å². The van der Waals surface area contributed by atoms with E-state index in [9.17, 15) is 4.79 Å². The lowest BCUT2D eigenvalue weighted by Crippen LogP contribution is -2.27. The molecule has 0 unspecified atom stereocenters. The Balaban J connectivity index is 2.28. The first-order valence-electron chi connectivity index (χ1n) is 4.60. The minimum absolute atomic E-state index is 0.0221. The molecule has 0 radical (unpaired) electrons. The van der Waals surface area contributed by atoms with Gasteiger partial charge >= 0.3 is 0 Å². The maximum atomic E-state index is 11.1. The molecule has 4 nitrogen and oxygen atoms in total. The Morgan fingerprint density at radius 2 is 2.29 bits per heavy atom. The summed E-state index contributed by atoms with van der Waals surface area (Å²) in [4.78, 5) is 11.1. The van der Waals surface area contributed by atoms with Crippen LogP contribution in [0.4, 0.5) is 11.4 Å². The first-order chi connectivity index (χ1) is 6.79.